The van der Waals surface area contributed by atoms with Crippen LogP contribution in [0.15, 0.2) is 22.9 Å². The van der Waals surface area contributed by atoms with Crippen molar-refractivity contribution < 1.29 is 9.32 Å². The number of nitrogens with zero attached hydrogens (tertiary/aromatic N) is 3. The van der Waals surface area contributed by atoms with Crippen LogP contribution in [0.1, 0.15) is 60.0 Å². The quantitative estimate of drug-likeness (QED) is 0.913. The van der Waals surface area contributed by atoms with Gasteiger partial charge in [-0.25, -0.2) is 4.98 Å². The van der Waals surface area contributed by atoms with Gasteiger partial charge < -0.3 is 14.7 Å². The van der Waals surface area contributed by atoms with Crippen LogP contribution in [0.3, 0.4) is 0 Å². The first kappa shape index (κ1) is 16.5. The minimum atomic E-state index is -0.142. The number of amides is 1. The lowest BCUT2D eigenvalue weighted by molar-refractivity contribution is 0.0948. The first-order valence-corrected chi connectivity index (χ1v) is 8.50. The van der Waals surface area contributed by atoms with Crippen LogP contribution < -0.4 is 10.2 Å². The molecular formula is C18H24N4O2. The summed E-state index contributed by atoms with van der Waals surface area (Å²) in [7, 11) is 0. The van der Waals surface area contributed by atoms with Crippen LogP contribution >= 0.6 is 0 Å². The lowest BCUT2D eigenvalue weighted by atomic mass is 10.0. The second-order valence-corrected chi connectivity index (χ2v) is 6.56. The standard InChI is InChI=1S/C18H24N4O2/c1-12(2)17-16(13(3)21-24-17)18(23)20-11-14-6-7-19-15(10-14)22-8-4-5-9-22/h6-7,10,12H,4-5,8-9,11H2,1-3H3,(H,20,23). The number of rotatable bonds is 5. The molecule has 1 N–H and O–H groups in total. The number of carbonyl (C=O) groups is 1. The molecule has 6 heteroatoms. The highest BCUT2D eigenvalue weighted by Crippen LogP contribution is 2.22. The molecular weight excluding hydrogens is 304 g/mol. The second-order valence-electron chi connectivity index (χ2n) is 6.56. The molecule has 2 aromatic rings. The Labute approximate surface area is 142 Å². The van der Waals surface area contributed by atoms with Gasteiger partial charge in [0.2, 0.25) is 0 Å². The van der Waals surface area contributed by atoms with E-state index in [1.54, 1.807) is 13.1 Å². The Morgan fingerprint density at radius 2 is 2.12 bits per heavy atom. The third-order valence-corrected chi connectivity index (χ3v) is 4.33. The largest absolute Gasteiger partial charge is 0.360 e. The zero-order valence-electron chi connectivity index (χ0n) is 14.5. The van der Waals surface area contributed by atoms with Crippen molar-refractivity contribution in [3.63, 3.8) is 0 Å². The molecule has 0 saturated carbocycles. The number of aromatic nitrogens is 2. The summed E-state index contributed by atoms with van der Waals surface area (Å²) in [5, 5.41) is 6.90. The van der Waals surface area contributed by atoms with Crippen molar-refractivity contribution in [3.05, 3.63) is 40.9 Å². The molecule has 24 heavy (non-hydrogen) atoms. The zero-order chi connectivity index (χ0) is 17.1. The van der Waals surface area contributed by atoms with Gasteiger partial charge in [-0.15, -0.1) is 0 Å². The fourth-order valence-electron chi connectivity index (χ4n) is 3.02. The summed E-state index contributed by atoms with van der Waals surface area (Å²) in [6.45, 7) is 8.34. The fourth-order valence-corrected chi connectivity index (χ4v) is 3.02. The summed E-state index contributed by atoms with van der Waals surface area (Å²) < 4.78 is 5.29. The zero-order valence-corrected chi connectivity index (χ0v) is 14.5. The normalized spacial score (nSPS) is 14.4. The van der Waals surface area contributed by atoms with Crippen LogP contribution in [0.2, 0.25) is 0 Å². The van der Waals surface area contributed by atoms with Crippen molar-refractivity contribution in [3.8, 4) is 0 Å². The molecule has 6 nitrogen and oxygen atoms in total. The van der Waals surface area contributed by atoms with Gasteiger partial charge in [0.05, 0.1) is 5.69 Å². The molecule has 1 amide bonds. The lowest BCUT2D eigenvalue weighted by Gasteiger charge is -2.17. The average molecular weight is 328 g/mol. The van der Waals surface area contributed by atoms with Crippen molar-refractivity contribution in [1.82, 2.24) is 15.5 Å². The highest BCUT2D eigenvalue weighted by molar-refractivity contribution is 5.96. The predicted molar refractivity (Wildman–Crippen MR) is 92.2 cm³/mol. The Morgan fingerprint density at radius 1 is 1.38 bits per heavy atom. The summed E-state index contributed by atoms with van der Waals surface area (Å²) in [6.07, 6.45) is 4.24. The Balaban J connectivity index is 1.68. The van der Waals surface area contributed by atoms with E-state index in [2.05, 4.69) is 26.4 Å². The van der Waals surface area contributed by atoms with E-state index >= 15 is 0 Å². The van der Waals surface area contributed by atoms with Crippen LogP contribution in [0.4, 0.5) is 5.82 Å². The molecule has 1 fully saturated rings. The molecule has 0 spiro atoms. The van der Waals surface area contributed by atoms with Gasteiger partial charge in [0.1, 0.15) is 11.4 Å². The third kappa shape index (κ3) is 3.42. The number of carbonyl (C=O) groups excluding carboxylic acids is 1. The van der Waals surface area contributed by atoms with Crippen LogP contribution in [-0.4, -0.2) is 29.1 Å². The number of anilines is 1. The molecule has 1 aliphatic rings. The first-order chi connectivity index (χ1) is 11.6. The molecule has 1 aliphatic heterocycles. The van der Waals surface area contributed by atoms with Crippen molar-refractivity contribution in [2.45, 2.75) is 46.1 Å². The number of hydrogen-bond acceptors (Lipinski definition) is 5. The molecule has 2 aromatic heterocycles. The van der Waals surface area contributed by atoms with Crippen molar-refractivity contribution in [2.24, 2.45) is 0 Å². The Kier molecular flexibility index (Phi) is 4.83. The molecule has 0 atom stereocenters. The summed E-state index contributed by atoms with van der Waals surface area (Å²) in [5.74, 6) is 1.60. The molecule has 0 aliphatic carbocycles. The summed E-state index contributed by atoms with van der Waals surface area (Å²) in [6, 6.07) is 3.99. The van der Waals surface area contributed by atoms with E-state index in [4.69, 9.17) is 4.52 Å². The van der Waals surface area contributed by atoms with Crippen molar-refractivity contribution >= 4 is 11.7 Å². The van der Waals surface area contributed by atoms with E-state index in [-0.39, 0.29) is 11.8 Å². The second kappa shape index (κ2) is 7.03. The van der Waals surface area contributed by atoms with E-state index in [0.717, 1.165) is 24.5 Å². The van der Waals surface area contributed by atoms with E-state index < -0.39 is 0 Å². The summed E-state index contributed by atoms with van der Waals surface area (Å²) in [4.78, 5) is 19.3. The van der Waals surface area contributed by atoms with E-state index in [1.165, 1.54) is 12.8 Å². The lowest BCUT2D eigenvalue weighted by Crippen LogP contribution is -2.25. The number of pyridine rings is 1. The molecule has 0 aromatic carbocycles. The van der Waals surface area contributed by atoms with E-state index in [0.29, 0.717) is 23.6 Å². The summed E-state index contributed by atoms with van der Waals surface area (Å²) >= 11 is 0. The van der Waals surface area contributed by atoms with Gasteiger partial charge in [-0.2, -0.15) is 0 Å². The fraction of sp³-hybridized carbons (Fsp3) is 0.500. The Morgan fingerprint density at radius 3 is 2.83 bits per heavy atom. The molecule has 3 rings (SSSR count). The maximum atomic E-state index is 12.5. The van der Waals surface area contributed by atoms with Crippen molar-refractivity contribution in [1.29, 1.82) is 0 Å². The predicted octanol–water partition coefficient (Wildman–Crippen LogP) is 3.03. The molecule has 3 heterocycles. The van der Waals surface area contributed by atoms with Crippen LogP contribution in [0, 0.1) is 6.92 Å². The third-order valence-electron chi connectivity index (χ3n) is 4.33. The minimum Gasteiger partial charge on any atom is -0.360 e. The first-order valence-electron chi connectivity index (χ1n) is 8.50. The highest BCUT2D eigenvalue weighted by Gasteiger charge is 2.22. The molecule has 0 radical (unpaired) electrons. The smallest absolute Gasteiger partial charge is 0.257 e. The van der Waals surface area contributed by atoms with E-state index in [9.17, 15) is 4.79 Å². The topological polar surface area (TPSA) is 71.3 Å². The summed E-state index contributed by atoms with van der Waals surface area (Å²) in [5.41, 5.74) is 2.22. The van der Waals surface area contributed by atoms with Gasteiger partial charge in [0, 0.05) is 31.7 Å². The number of aryl methyl sites for hydroxylation is 1. The number of nitrogens with one attached hydrogen (secondary N) is 1. The van der Waals surface area contributed by atoms with Gasteiger partial charge in [-0.3, -0.25) is 4.79 Å². The minimum absolute atomic E-state index is 0.120. The molecule has 128 valence electrons. The molecule has 0 unspecified atom stereocenters. The monoisotopic (exact) mass is 328 g/mol. The maximum absolute atomic E-state index is 12.5. The van der Waals surface area contributed by atoms with E-state index in [1.807, 2.05) is 19.9 Å². The van der Waals surface area contributed by atoms with Gasteiger partial charge in [-0.05, 0) is 37.5 Å². The van der Waals surface area contributed by atoms with Crippen LogP contribution in [0.5, 0.6) is 0 Å². The van der Waals surface area contributed by atoms with Gasteiger partial charge in [0.25, 0.3) is 5.91 Å². The van der Waals surface area contributed by atoms with Gasteiger partial charge >= 0.3 is 0 Å². The van der Waals surface area contributed by atoms with Crippen LogP contribution in [0.25, 0.3) is 0 Å². The molecule has 1 saturated heterocycles. The molecule has 0 bridgehead atoms. The highest BCUT2D eigenvalue weighted by atomic mass is 16.5. The maximum Gasteiger partial charge on any atom is 0.257 e. The van der Waals surface area contributed by atoms with Crippen LogP contribution in [-0.2, 0) is 6.54 Å². The van der Waals surface area contributed by atoms with Crippen molar-refractivity contribution in [2.75, 3.05) is 18.0 Å². The Bertz CT molecular complexity index is 718. The SMILES string of the molecule is Cc1noc(C(C)C)c1C(=O)NCc1ccnc(N2CCCC2)c1. The Hall–Kier alpha value is -2.37. The number of hydrogen-bond donors (Lipinski definition) is 1. The average Bonchev–Trinajstić information content (AvgIpc) is 3.22. The van der Waals surface area contributed by atoms with Gasteiger partial charge in [0.15, 0.2) is 5.76 Å². The van der Waals surface area contributed by atoms with Gasteiger partial charge in [-0.1, -0.05) is 19.0 Å².